The number of nitrogens with one attached hydrogen (secondary N) is 3. The first-order valence-corrected chi connectivity index (χ1v) is 8.36. The quantitative estimate of drug-likeness (QED) is 0.708. The van der Waals surface area contributed by atoms with E-state index in [0.717, 1.165) is 18.4 Å². The second-order valence-corrected chi connectivity index (χ2v) is 6.25. The van der Waals surface area contributed by atoms with Gasteiger partial charge in [-0.25, -0.2) is 0 Å². The van der Waals surface area contributed by atoms with E-state index in [1.165, 1.54) is 19.3 Å². The SMILES string of the molecule is CNC(=O)C1=CC(C(=O)NC2CC2)=CNC1C(=O)Cc1ccccc1. The second kappa shape index (κ2) is 7.34. The van der Waals surface area contributed by atoms with Crippen LogP contribution in [0.5, 0.6) is 0 Å². The number of hydrogen-bond acceptors (Lipinski definition) is 4. The van der Waals surface area contributed by atoms with Crippen LogP contribution in [-0.4, -0.2) is 36.7 Å². The molecule has 1 aliphatic heterocycles. The summed E-state index contributed by atoms with van der Waals surface area (Å²) in [4.78, 5) is 37.0. The zero-order valence-electron chi connectivity index (χ0n) is 14.0. The summed E-state index contributed by atoms with van der Waals surface area (Å²) in [5, 5.41) is 8.34. The predicted molar refractivity (Wildman–Crippen MR) is 93.5 cm³/mol. The molecule has 6 nitrogen and oxygen atoms in total. The monoisotopic (exact) mass is 339 g/mol. The van der Waals surface area contributed by atoms with Crippen molar-refractivity contribution in [3.63, 3.8) is 0 Å². The van der Waals surface area contributed by atoms with Crippen molar-refractivity contribution in [3.05, 3.63) is 59.3 Å². The van der Waals surface area contributed by atoms with E-state index in [-0.39, 0.29) is 35.6 Å². The summed E-state index contributed by atoms with van der Waals surface area (Å²) in [5.74, 6) is -0.729. The van der Waals surface area contributed by atoms with Crippen LogP contribution in [-0.2, 0) is 20.8 Å². The van der Waals surface area contributed by atoms with E-state index in [1.807, 2.05) is 30.3 Å². The Morgan fingerprint density at radius 1 is 1.12 bits per heavy atom. The molecular formula is C19H21N3O3. The van der Waals surface area contributed by atoms with Gasteiger partial charge in [0.15, 0.2) is 5.78 Å². The molecule has 3 N–H and O–H groups in total. The number of benzene rings is 1. The summed E-state index contributed by atoms with van der Waals surface area (Å²) in [7, 11) is 1.50. The predicted octanol–water partition coefficient (Wildman–Crippen LogP) is 0.605. The van der Waals surface area contributed by atoms with Crippen LogP contribution in [0.3, 0.4) is 0 Å². The molecule has 1 unspecified atom stereocenters. The van der Waals surface area contributed by atoms with Crippen molar-refractivity contribution in [2.45, 2.75) is 31.3 Å². The smallest absolute Gasteiger partial charge is 0.252 e. The third kappa shape index (κ3) is 4.15. The van der Waals surface area contributed by atoms with Crippen LogP contribution >= 0.6 is 0 Å². The van der Waals surface area contributed by atoms with Crippen LogP contribution in [0.1, 0.15) is 18.4 Å². The van der Waals surface area contributed by atoms with Gasteiger partial charge in [0.1, 0.15) is 6.04 Å². The molecule has 1 aliphatic carbocycles. The minimum atomic E-state index is -0.766. The first-order valence-electron chi connectivity index (χ1n) is 8.36. The molecule has 2 amide bonds. The highest BCUT2D eigenvalue weighted by Crippen LogP contribution is 2.21. The highest BCUT2D eigenvalue weighted by Gasteiger charge is 2.31. The molecular weight excluding hydrogens is 318 g/mol. The van der Waals surface area contributed by atoms with Gasteiger partial charge in [0.25, 0.3) is 5.91 Å². The van der Waals surface area contributed by atoms with Crippen molar-refractivity contribution in [1.29, 1.82) is 0 Å². The fourth-order valence-corrected chi connectivity index (χ4v) is 2.69. The van der Waals surface area contributed by atoms with Crippen LogP contribution in [0, 0.1) is 0 Å². The third-order valence-electron chi connectivity index (χ3n) is 4.23. The summed E-state index contributed by atoms with van der Waals surface area (Å²) in [5.41, 5.74) is 1.49. The van der Waals surface area contributed by atoms with Crippen LogP contribution in [0.2, 0.25) is 0 Å². The van der Waals surface area contributed by atoms with Gasteiger partial charge in [-0.15, -0.1) is 0 Å². The largest absolute Gasteiger partial charge is 0.377 e. The number of dihydropyridines is 1. The molecule has 0 radical (unpaired) electrons. The minimum Gasteiger partial charge on any atom is -0.377 e. The number of rotatable bonds is 6. The first-order chi connectivity index (χ1) is 12.1. The lowest BCUT2D eigenvalue weighted by Crippen LogP contribution is -2.44. The molecule has 1 saturated carbocycles. The van der Waals surface area contributed by atoms with Gasteiger partial charge in [0, 0.05) is 31.3 Å². The first kappa shape index (κ1) is 17.0. The maximum atomic E-state index is 12.6. The van der Waals surface area contributed by atoms with Gasteiger partial charge >= 0.3 is 0 Å². The van der Waals surface area contributed by atoms with Gasteiger partial charge in [-0.3, -0.25) is 14.4 Å². The molecule has 6 heteroatoms. The topological polar surface area (TPSA) is 87.3 Å². The molecule has 2 aliphatic rings. The summed E-state index contributed by atoms with van der Waals surface area (Å²) in [6.45, 7) is 0. The Labute approximate surface area is 146 Å². The van der Waals surface area contributed by atoms with Crippen molar-refractivity contribution in [3.8, 4) is 0 Å². The van der Waals surface area contributed by atoms with Gasteiger partial charge in [-0.05, 0) is 24.5 Å². The molecule has 25 heavy (non-hydrogen) atoms. The van der Waals surface area contributed by atoms with E-state index >= 15 is 0 Å². The molecule has 1 aromatic rings. The van der Waals surface area contributed by atoms with Crippen LogP contribution in [0.25, 0.3) is 0 Å². The molecule has 130 valence electrons. The number of ketones is 1. The van der Waals surface area contributed by atoms with Gasteiger partial charge in [0.2, 0.25) is 5.91 Å². The fourth-order valence-electron chi connectivity index (χ4n) is 2.69. The van der Waals surface area contributed by atoms with Gasteiger partial charge in [-0.1, -0.05) is 30.3 Å². The number of hydrogen-bond donors (Lipinski definition) is 3. The normalized spacial score (nSPS) is 19.2. The van der Waals surface area contributed by atoms with E-state index in [0.29, 0.717) is 5.57 Å². The maximum Gasteiger partial charge on any atom is 0.252 e. The van der Waals surface area contributed by atoms with Crippen LogP contribution < -0.4 is 16.0 Å². The number of carbonyl (C=O) groups is 3. The Kier molecular flexibility index (Phi) is 4.97. The molecule has 1 heterocycles. The van der Waals surface area contributed by atoms with E-state index in [9.17, 15) is 14.4 Å². The zero-order valence-corrected chi connectivity index (χ0v) is 14.0. The number of likely N-dealkylation sites (N-methyl/N-ethyl adjacent to an activating group) is 1. The highest BCUT2D eigenvalue weighted by molar-refractivity contribution is 6.07. The molecule has 1 aromatic carbocycles. The average Bonchev–Trinajstić information content (AvgIpc) is 3.45. The zero-order chi connectivity index (χ0) is 17.8. The molecule has 1 fully saturated rings. The van der Waals surface area contributed by atoms with E-state index in [1.54, 1.807) is 0 Å². The number of amides is 2. The second-order valence-electron chi connectivity index (χ2n) is 6.25. The standard InChI is InChI=1S/C19H21N3O3/c1-20-19(25)15-10-13(18(24)22-14-7-8-14)11-21-17(15)16(23)9-12-5-3-2-4-6-12/h2-6,10-11,14,17,21H,7-9H2,1H3,(H,20,25)(H,22,24). The lowest BCUT2D eigenvalue weighted by Gasteiger charge is -2.23. The summed E-state index contributed by atoms with van der Waals surface area (Å²) in [6, 6.07) is 8.82. The molecule has 0 bridgehead atoms. The van der Waals surface area contributed by atoms with Crippen molar-refractivity contribution in [2.75, 3.05) is 7.05 Å². The third-order valence-corrected chi connectivity index (χ3v) is 4.23. The molecule has 0 saturated heterocycles. The fraction of sp³-hybridized carbons (Fsp3) is 0.316. The van der Waals surface area contributed by atoms with Gasteiger partial charge in [-0.2, -0.15) is 0 Å². The Morgan fingerprint density at radius 2 is 1.84 bits per heavy atom. The molecule has 3 rings (SSSR count). The van der Waals surface area contributed by atoms with Crippen LogP contribution in [0.15, 0.2) is 53.8 Å². The van der Waals surface area contributed by atoms with Gasteiger partial charge in [0.05, 0.1) is 5.57 Å². The van der Waals surface area contributed by atoms with E-state index in [4.69, 9.17) is 0 Å². The summed E-state index contributed by atoms with van der Waals surface area (Å²) < 4.78 is 0. The van der Waals surface area contributed by atoms with Crippen molar-refractivity contribution < 1.29 is 14.4 Å². The Hall–Kier alpha value is -2.89. The lowest BCUT2D eigenvalue weighted by atomic mass is 9.93. The highest BCUT2D eigenvalue weighted by atomic mass is 16.2. The minimum absolute atomic E-state index is 0.126. The van der Waals surface area contributed by atoms with Crippen molar-refractivity contribution >= 4 is 17.6 Å². The Morgan fingerprint density at radius 3 is 2.48 bits per heavy atom. The van der Waals surface area contributed by atoms with Crippen LogP contribution in [0.4, 0.5) is 0 Å². The summed E-state index contributed by atoms with van der Waals surface area (Å²) in [6.07, 6.45) is 5.19. The Bertz CT molecular complexity index is 748. The lowest BCUT2D eigenvalue weighted by molar-refractivity contribution is -0.123. The van der Waals surface area contributed by atoms with E-state index < -0.39 is 6.04 Å². The maximum absolute atomic E-state index is 12.6. The van der Waals surface area contributed by atoms with Crippen molar-refractivity contribution in [1.82, 2.24) is 16.0 Å². The van der Waals surface area contributed by atoms with E-state index in [2.05, 4.69) is 16.0 Å². The molecule has 1 atom stereocenters. The molecule has 0 aromatic heterocycles. The summed E-state index contributed by atoms with van der Waals surface area (Å²) >= 11 is 0. The number of carbonyl (C=O) groups excluding carboxylic acids is 3. The molecule has 0 spiro atoms. The van der Waals surface area contributed by atoms with Gasteiger partial charge < -0.3 is 16.0 Å². The van der Waals surface area contributed by atoms with Crippen molar-refractivity contribution in [2.24, 2.45) is 0 Å². The number of Topliss-reactive ketones (excluding diaryl/α,β-unsaturated/α-hetero) is 1. The Balaban J connectivity index is 1.76. The average molecular weight is 339 g/mol.